The zero-order chi connectivity index (χ0) is 18.8. The quantitative estimate of drug-likeness (QED) is 0.805. The number of halogens is 2. The van der Waals surface area contributed by atoms with E-state index in [4.69, 9.17) is 23.2 Å². The minimum Gasteiger partial charge on any atom is -0.376 e. The second-order valence-corrected chi connectivity index (χ2v) is 8.09. The maximum atomic E-state index is 12.6. The van der Waals surface area contributed by atoms with Crippen LogP contribution in [0.5, 0.6) is 0 Å². The van der Waals surface area contributed by atoms with Crippen molar-refractivity contribution in [1.29, 1.82) is 0 Å². The summed E-state index contributed by atoms with van der Waals surface area (Å²) in [6, 6.07) is 9.00. The zero-order valence-corrected chi connectivity index (χ0v) is 16.1. The molecule has 2 rings (SSSR count). The Bertz CT molecular complexity index is 915. The lowest BCUT2D eigenvalue weighted by atomic mass is 10.2. The Balaban J connectivity index is 2.43. The topological polar surface area (TPSA) is 78.5 Å². The third-order valence-electron chi connectivity index (χ3n) is 3.45. The van der Waals surface area contributed by atoms with Crippen molar-refractivity contribution >= 4 is 50.5 Å². The molecule has 0 bridgehead atoms. The molecule has 1 amide bonds. The Kier molecular flexibility index (Phi) is 5.95. The number of anilines is 2. The fourth-order valence-electron chi connectivity index (χ4n) is 2.15. The highest BCUT2D eigenvalue weighted by atomic mass is 35.5. The summed E-state index contributed by atoms with van der Waals surface area (Å²) in [5.74, 6) is -0.538. The van der Waals surface area contributed by atoms with Gasteiger partial charge in [-0.1, -0.05) is 23.2 Å². The molecule has 0 saturated heterocycles. The number of hydrogen-bond acceptors (Lipinski definition) is 4. The highest BCUT2D eigenvalue weighted by molar-refractivity contribution is 7.89. The van der Waals surface area contributed by atoms with Crippen molar-refractivity contribution in [3.05, 3.63) is 52.0 Å². The summed E-state index contributed by atoms with van der Waals surface area (Å²) in [5, 5.41) is 3.32. The second kappa shape index (κ2) is 7.61. The van der Waals surface area contributed by atoms with Crippen LogP contribution in [-0.4, -0.2) is 35.5 Å². The van der Waals surface area contributed by atoms with E-state index in [2.05, 4.69) is 10.0 Å². The number of sulfonamides is 1. The van der Waals surface area contributed by atoms with Crippen LogP contribution in [0, 0.1) is 0 Å². The highest BCUT2D eigenvalue weighted by Crippen LogP contribution is 2.29. The molecule has 2 aromatic rings. The molecule has 0 aliphatic rings. The molecule has 0 saturated carbocycles. The average Bonchev–Trinajstić information content (AvgIpc) is 2.54. The summed E-state index contributed by atoms with van der Waals surface area (Å²) in [6.45, 7) is 0. The van der Waals surface area contributed by atoms with Gasteiger partial charge < -0.3 is 10.2 Å². The van der Waals surface area contributed by atoms with Gasteiger partial charge in [0.15, 0.2) is 0 Å². The van der Waals surface area contributed by atoms with Crippen LogP contribution in [0.2, 0.25) is 10.0 Å². The van der Waals surface area contributed by atoms with Gasteiger partial charge in [-0.25, -0.2) is 13.1 Å². The number of nitrogens with one attached hydrogen (secondary N) is 2. The molecule has 2 aromatic carbocycles. The first-order valence-electron chi connectivity index (χ1n) is 7.17. The molecule has 2 N–H and O–H groups in total. The third-order valence-corrected chi connectivity index (χ3v) is 5.43. The number of amides is 1. The molecule has 25 heavy (non-hydrogen) atoms. The molecule has 0 unspecified atom stereocenters. The van der Waals surface area contributed by atoms with Crippen molar-refractivity contribution in [2.24, 2.45) is 0 Å². The van der Waals surface area contributed by atoms with Gasteiger partial charge in [0.25, 0.3) is 5.91 Å². The Morgan fingerprint density at radius 1 is 1.08 bits per heavy atom. The van der Waals surface area contributed by atoms with E-state index in [9.17, 15) is 13.2 Å². The first kappa shape index (κ1) is 19.5. The van der Waals surface area contributed by atoms with E-state index < -0.39 is 15.9 Å². The fraction of sp³-hybridized carbons (Fsp3) is 0.188. The van der Waals surface area contributed by atoms with Crippen molar-refractivity contribution in [1.82, 2.24) is 4.72 Å². The zero-order valence-electron chi connectivity index (χ0n) is 13.8. The van der Waals surface area contributed by atoms with Crippen LogP contribution in [0.1, 0.15) is 10.4 Å². The molecule has 0 radical (unpaired) electrons. The molecule has 9 heteroatoms. The SMILES string of the molecule is CNS(=O)(=O)c1ccc(Cl)c(C(=O)Nc2cc(Cl)ccc2N(C)C)c1. The van der Waals surface area contributed by atoms with Crippen molar-refractivity contribution in [3.8, 4) is 0 Å². The van der Waals surface area contributed by atoms with E-state index in [0.29, 0.717) is 10.7 Å². The summed E-state index contributed by atoms with van der Waals surface area (Å²) in [7, 11) is 1.25. The molecule has 0 spiro atoms. The fourth-order valence-corrected chi connectivity index (χ4v) is 3.28. The highest BCUT2D eigenvalue weighted by Gasteiger charge is 2.18. The number of benzene rings is 2. The van der Waals surface area contributed by atoms with Crippen molar-refractivity contribution in [3.63, 3.8) is 0 Å². The Labute approximate surface area is 156 Å². The monoisotopic (exact) mass is 401 g/mol. The molecule has 0 aliphatic carbocycles. The normalized spacial score (nSPS) is 11.2. The van der Waals surface area contributed by atoms with Crippen LogP contribution in [0.3, 0.4) is 0 Å². The van der Waals surface area contributed by atoms with E-state index in [1.165, 1.54) is 25.2 Å². The third kappa shape index (κ3) is 4.43. The number of nitrogens with zero attached hydrogens (tertiary/aromatic N) is 1. The van der Waals surface area contributed by atoms with Crippen LogP contribution in [-0.2, 0) is 10.0 Å². The van der Waals surface area contributed by atoms with Gasteiger partial charge >= 0.3 is 0 Å². The Morgan fingerprint density at radius 2 is 1.76 bits per heavy atom. The molecule has 0 aromatic heterocycles. The number of carbonyl (C=O) groups excluding carboxylic acids is 1. The standard InChI is InChI=1S/C16H17Cl2N3O3S/c1-19-25(23,24)11-5-6-13(18)12(9-11)16(22)20-14-8-10(17)4-7-15(14)21(2)3/h4-9,19H,1-3H3,(H,20,22). The number of carbonyl (C=O) groups is 1. The van der Waals surface area contributed by atoms with Gasteiger partial charge in [-0.15, -0.1) is 0 Å². The van der Waals surface area contributed by atoms with E-state index in [-0.39, 0.29) is 15.5 Å². The van der Waals surface area contributed by atoms with Crippen molar-refractivity contribution in [2.45, 2.75) is 4.90 Å². The van der Waals surface area contributed by atoms with E-state index in [1.54, 1.807) is 18.2 Å². The van der Waals surface area contributed by atoms with Gasteiger partial charge in [-0.3, -0.25) is 4.79 Å². The van der Waals surface area contributed by atoms with E-state index >= 15 is 0 Å². The van der Waals surface area contributed by atoms with Crippen LogP contribution < -0.4 is 14.9 Å². The first-order valence-corrected chi connectivity index (χ1v) is 9.41. The Hall–Kier alpha value is -1.80. The first-order chi connectivity index (χ1) is 11.7. The number of rotatable bonds is 5. The molecule has 0 fully saturated rings. The second-order valence-electron chi connectivity index (χ2n) is 5.36. The average molecular weight is 402 g/mol. The molecule has 0 aliphatic heterocycles. The minimum absolute atomic E-state index is 0.0441. The van der Waals surface area contributed by atoms with Crippen LogP contribution in [0.4, 0.5) is 11.4 Å². The predicted molar refractivity (Wildman–Crippen MR) is 101 cm³/mol. The summed E-state index contributed by atoms with van der Waals surface area (Å²) in [5.41, 5.74) is 1.27. The van der Waals surface area contributed by atoms with Gasteiger partial charge in [0.2, 0.25) is 10.0 Å². The van der Waals surface area contributed by atoms with Gasteiger partial charge in [-0.2, -0.15) is 0 Å². The molecule has 0 heterocycles. The van der Waals surface area contributed by atoms with E-state index in [0.717, 1.165) is 5.69 Å². The van der Waals surface area contributed by atoms with Crippen molar-refractivity contribution in [2.75, 3.05) is 31.4 Å². The largest absolute Gasteiger partial charge is 0.376 e. The summed E-state index contributed by atoms with van der Waals surface area (Å²) in [4.78, 5) is 14.4. The molecular weight excluding hydrogens is 385 g/mol. The smallest absolute Gasteiger partial charge is 0.257 e. The van der Waals surface area contributed by atoms with Gasteiger partial charge in [-0.05, 0) is 43.4 Å². The van der Waals surface area contributed by atoms with Gasteiger partial charge in [0.1, 0.15) is 0 Å². The maximum Gasteiger partial charge on any atom is 0.257 e. The van der Waals surface area contributed by atoms with Gasteiger partial charge in [0.05, 0.1) is 26.9 Å². The van der Waals surface area contributed by atoms with Crippen LogP contribution in [0.25, 0.3) is 0 Å². The van der Waals surface area contributed by atoms with Crippen LogP contribution >= 0.6 is 23.2 Å². The summed E-state index contributed by atoms with van der Waals surface area (Å²) >= 11 is 12.1. The van der Waals surface area contributed by atoms with Crippen molar-refractivity contribution < 1.29 is 13.2 Å². The van der Waals surface area contributed by atoms with E-state index in [1.807, 2.05) is 19.0 Å². The Morgan fingerprint density at radius 3 is 2.36 bits per heavy atom. The lowest BCUT2D eigenvalue weighted by Gasteiger charge is -2.18. The summed E-state index contributed by atoms with van der Waals surface area (Å²) in [6.07, 6.45) is 0. The van der Waals surface area contributed by atoms with Gasteiger partial charge in [0, 0.05) is 19.1 Å². The lowest BCUT2D eigenvalue weighted by Crippen LogP contribution is -2.20. The number of hydrogen-bond donors (Lipinski definition) is 2. The lowest BCUT2D eigenvalue weighted by molar-refractivity contribution is 0.102. The maximum absolute atomic E-state index is 12.6. The minimum atomic E-state index is -3.69. The summed E-state index contributed by atoms with van der Waals surface area (Å²) < 4.78 is 26.0. The molecule has 0 atom stereocenters. The molecule has 6 nitrogen and oxygen atoms in total. The predicted octanol–water partition coefficient (Wildman–Crippen LogP) is 3.22. The molecule has 134 valence electrons. The van der Waals surface area contributed by atoms with Crippen LogP contribution in [0.15, 0.2) is 41.3 Å². The molecular formula is C16H17Cl2N3O3S.